The van der Waals surface area contributed by atoms with Gasteiger partial charge in [0.25, 0.3) is 11.5 Å². The van der Waals surface area contributed by atoms with Crippen molar-refractivity contribution in [1.82, 2.24) is 15.0 Å². The van der Waals surface area contributed by atoms with Gasteiger partial charge in [-0.3, -0.25) is 19.0 Å². The van der Waals surface area contributed by atoms with Crippen LogP contribution in [-0.4, -0.2) is 67.1 Å². The number of nitrogens with one attached hydrogen (secondary N) is 1. The summed E-state index contributed by atoms with van der Waals surface area (Å²) in [6, 6.07) is -0.706. The van der Waals surface area contributed by atoms with Crippen LogP contribution in [0.5, 0.6) is 0 Å². The van der Waals surface area contributed by atoms with Crippen LogP contribution >= 0.6 is 0 Å². The first-order valence-electron chi connectivity index (χ1n) is 8.84. The minimum absolute atomic E-state index is 0.0871. The Morgan fingerprint density at radius 2 is 2.18 bits per heavy atom. The predicted molar refractivity (Wildman–Crippen MR) is 93.1 cm³/mol. The Morgan fingerprint density at radius 3 is 2.82 bits per heavy atom. The van der Waals surface area contributed by atoms with Gasteiger partial charge in [-0.25, -0.2) is 5.48 Å². The van der Waals surface area contributed by atoms with Crippen LogP contribution in [0.1, 0.15) is 13.3 Å². The van der Waals surface area contributed by atoms with Crippen molar-refractivity contribution in [2.75, 3.05) is 43.2 Å². The van der Waals surface area contributed by atoms with Crippen molar-refractivity contribution in [3.05, 3.63) is 16.4 Å². The first-order chi connectivity index (χ1) is 13.2. The number of aromatic nitrogens is 2. The molecule has 0 bridgehead atoms. The van der Waals surface area contributed by atoms with Gasteiger partial charge in [-0.2, -0.15) is 18.2 Å². The lowest BCUT2D eigenvalue weighted by molar-refractivity contribution is -0.153. The number of alkyl halides is 3. The molecular weight excluding hydrogens is 383 g/mol. The summed E-state index contributed by atoms with van der Waals surface area (Å²) in [7, 11) is 1.18. The third kappa shape index (κ3) is 4.07. The highest BCUT2D eigenvalue weighted by atomic mass is 19.4. The number of rotatable bonds is 4. The Labute approximate surface area is 159 Å². The van der Waals surface area contributed by atoms with E-state index in [1.165, 1.54) is 13.2 Å². The highest BCUT2D eigenvalue weighted by Gasteiger charge is 2.47. The zero-order valence-corrected chi connectivity index (χ0v) is 15.5. The summed E-state index contributed by atoms with van der Waals surface area (Å²) in [5.41, 5.74) is 1.54. The van der Waals surface area contributed by atoms with Crippen molar-refractivity contribution in [3.63, 3.8) is 0 Å². The van der Waals surface area contributed by atoms with E-state index in [4.69, 9.17) is 4.74 Å². The van der Waals surface area contributed by atoms with E-state index in [1.807, 2.05) is 17.3 Å². The highest BCUT2D eigenvalue weighted by Crippen LogP contribution is 2.34. The molecule has 156 valence electrons. The molecule has 1 aromatic heterocycles. The van der Waals surface area contributed by atoms with Gasteiger partial charge in [-0.15, -0.1) is 0 Å². The maximum absolute atomic E-state index is 13.6. The van der Waals surface area contributed by atoms with Gasteiger partial charge in [-0.1, -0.05) is 0 Å². The fourth-order valence-corrected chi connectivity index (χ4v) is 3.49. The summed E-state index contributed by atoms with van der Waals surface area (Å²) in [6.07, 6.45) is -4.94. The number of morpholine rings is 1. The Morgan fingerprint density at radius 1 is 1.43 bits per heavy atom. The zero-order valence-electron chi connectivity index (χ0n) is 15.5. The molecule has 28 heavy (non-hydrogen) atoms. The molecule has 9 nitrogen and oxygen atoms in total. The Bertz CT molecular complexity index is 785. The number of ether oxygens (including phenoxy) is 1. The van der Waals surface area contributed by atoms with E-state index in [1.54, 1.807) is 0 Å². The summed E-state index contributed by atoms with van der Waals surface area (Å²) in [4.78, 5) is 36.0. The summed E-state index contributed by atoms with van der Waals surface area (Å²) in [5.74, 6) is -0.683. The van der Waals surface area contributed by atoms with Gasteiger partial charge >= 0.3 is 6.18 Å². The minimum Gasteiger partial charge on any atom is -0.377 e. The monoisotopic (exact) mass is 405 g/mol. The number of hydrogen-bond donors (Lipinski definition) is 1. The van der Waals surface area contributed by atoms with Crippen LogP contribution in [0.15, 0.2) is 10.9 Å². The summed E-state index contributed by atoms with van der Waals surface area (Å²) < 4.78 is 47.3. The molecule has 1 saturated heterocycles. The predicted octanol–water partition coefficient (Wildman–Crippen LogP) is 0.287. The molecule has 1 aromatic rings. The Kier molecular flexibility index (Phi) is 5.79. The van der Waals surface area contributed by atoms with Crippen LogP contribution in [0.4, 0.5) is 24.9 Å². The quantitative estimate of drug-likeness (QED) is 0.720. The first kappa shape index (κ1) is 20.4. The maximum Gasteiger partial charge on any atom is 0.408 e. The number of fused-ring (bicyclic) bond motifs is 1. The van der Waals surface area contributed by atoms with E-state index < -0.39 is 30.2 Å². The van der Waals surface area contributed by atoms with Gasteiger partial charge < -0.3 is 14.5 Å². The molecular formula is C16H22F3N5O4. The van der Waals surface area contributed by atoms with Gasteiger partial charge in [0, 0.05) is 19.2 Å². The maximum atomic E-state index is 13.6. The molecule has 0 spiro atoms. The molecule has 2 unspecified atom stereocenters. The minimum atomic E-state index is -4.58. The lowest BCUT2D eigenvalue weighted by Gasteiger charge is -2.40. The van der Waals surface area contributed by atoms with E-state index in [9.17, 15) is 22.8 Å². The summed E-state index contributed by atoms with van der Waals surface area (Å²) in [5, 5.41) is 0. The van der Waals surface area contributed by atoms with E-state index in [0.29, 0.717) is 19.8 Å². The molecule has 1 N–H and O–H groups in total. The molecule has 0 saturated carbocycles. The molecule has 2 atom stereocenters. The molecule has 0 radical (unpaired) electrons. The second kappa shape index (κ2) is 7.95. The lowest BCUT2D eigenvalue weighted by Crippen LogP contribution is -2.55. The largest absolute Gasteiger partial charge is 0.408 e. The molecule has 1 amide bonds. The van der Waals surface area contributed by atoms with Gasteiger partial charge in [0.15, 0.2) is 0 Å². The van der Waals surface area contributed by atoms with E-state index in [-0.39, 0.29) is 30.8 Å². The number of hydroxylamine groups is 1. The molecule has 3 rings (SSSR count). The second-order valence-corrected chi connectivity index (χ2v) is 6.72. The van der Waals surface area contributed by atoms with E-state index in [2.05, 4.69) is 9.82 Å². The molecule has 1 fully saturated rings. The zero-order chi connectivity index (χ0) is 20.5. The van der Waals surface area contributed by atoms with Crippen molar-refractivity contribution < 1.29 is 27.5 Å². The molecule has 0 aromatic carbocycles. The normalized spacial score (nSPS) is 22.8. The second-order valence-electron chi connectivity index (χ2n) is 6.72. The van der Waals surface area contributed by atoms with Crippen molar-refractivity contribution in [1.29, 1.82) is 0 Å². The van der Waals surface area contributed by atoms with Gasteiger partial charge in [0.1, 0.15) is 18.4 Å². The molecule has 0 aliphatic carbocycles. The Hall–Kier alpha value is -2.34. The third-order valence-electron chi connectivity index (χ3n) is 4.80. The number of hydrogen-bond acceptors (Lipinski definition) is 7. The van der Waals surface area contributed by atoms with Crippen molar-refractivity contribution in [3.8, 4) is 0 Å². The van der Waals surface area contributed by atoms with Crippen LogP contribution in [0.3, 0.4) is 0 Å². The fourth-order valence-electron chi connectivity index (χ4n) is 3.49. The van der Waals surface area contributed by atoms with Crippen molar-refractivity contribution >= 4 is 17.7 Å². The molecule has 12 heteroatoms. The van der Waals surface area contributed by atoms with E-state index >= 15 is 0 Å². The smallest absolute Gasteiger partial charge is 0.377 e. The fraction of sp³-hybridized carbons (Fsp3) is 0.688. The van der Waals surface area contributed by atoms with Crippen molar-refractivity contribution in [2.24, 2.45) is 0 Å². The van der Waals surface area contributed by atoms with Crippen LogP contribution in [0.25, 0.3) is 0 Å². The topological polar surface area (TPSA) is 88.9 Å². The van der Waals surface area contributed by atoms with Gasteiger partial charge in [-0.05, 0) is 13.3 Å². The summed E-state index contributed by atoms with van der Waals surface area (Å²) >= 11 is 0. The SMILES string of the molecule is CONC(=O)CN1c2nc(N3CCOCC3C)cc(=O)n2CCC1C(F)(F)F. The highest BCUT2D eigenvalue weighted by molar-refractivity contribution is 5.80. The lowest BCUT2D eigenvalue weighted by atomic mass is 10.1. The van der Waals surface area contributed by atoms with Crippen LogP contribution in [-0.2, 0) is 20.9 Å². The van der Waals surface area contributed by atoms with Crippen molar-refractivity contribution in [2.45, 2.75) is 38.1 Å². The molecule has 2 aliphatic rings. The van der Waals surface area contributed by atoms with Crippen LogP contribution in [0, 0.1) is 0 Å². The molecule has 3 heterocycles. The number of amides is 1. The molecule has 2 aliphatic heterocycles. The van der Waals surface area contributed by atoms with E-state index in [0.717, 1.165) is 9.47 Å². The number of anilines is 2. The standard InChI is InChI=1S/C16H22F3N5O4/c1-10-9-28-6-5-22(10)12-7-14(26)23-4-3-11(16(17,18)19)24(15(23)20-12)8-13(25)21-27-2/h7,10-11H,3-6,8-9H2,1-2H3,(H,21,25). The van der Waals surface area contributed by atoms with Crippen LogP contribution < -0.4 is 20.8 Å². The van der Waals surface area contributed by atoms with Gasteiger partial charge in [0.2, 0.25) is 5.95 Å². The van der Waals surface area contributed by atoms with Crippen LogP contribution in [0.2, 0.25) is 0 Å². The number of carbonyl (C=O) groups excluding carboxylic acids is 1. The number of carbonyl (C=O) groups is 1. The third-order valence-corrected chi connectivity index (χ3v) is 4.80. The number of halogens is 3. The summed E-state index contributed by atoms with van der Waals surface area (Å²) in [6.45, 7) is 2.41. The van der Waals surface area contributed by atoms with Gasteiger partial charge in [0.05, 0.1) is 26.4 Å². The average molecular weight is 405 g/mol. The Balaban J connectivity index is 2.04. The first-order valence-corrected chi connectivity index (χ1v) is 8.84. The number of nitrogens with zero attached hydrogens (tertiary/aromatic N) is 4. The average Bonchev–Trinajstić information content (AvgIpc) is 2.61.